The molecule has 0 aliphatic carbocycles. The molecule has 4 heteroatoms. The highest BCUT2D eigenvalue weighted by Gasteiger charge is 2.30. The molecule has 0 aromatic rings. The number of carbonyl (C=O) groups is 1. The summed E-state index contributed by atoms with van der Waals surface area (Å²) in [6, 6.07) is 0. The monoisotopic (exact) mass is 188 g/mol. The Labute approximate surface area is 79.7 Å². The van der Waals surface area contributed by atoms with Gasteiger partial charge < -0.3 is 15.7 Å². The maximum Gasteiger partial charge on any atom is 0.242 e. The Balaban J connectivity index is 4.19. The van der Waals surface area contributed by atoms with Gasteiger partial charge in [-0.05, 0) is 19.4 Å². The van der Waals surface area contributed by atoms with E-state index in [9.17, 15) is 4.79 Å². The van der Waals surface area contributed by atoms with Gasteiger partial charge in [-0.15, -0.1) is 0 Å². The van der Waals surface area contributed by atoms with Gasteiger partial charge in [0.1, 0.15) is 5.54 Å². The Bertz CT molecular complexity index is 171. The summed E-state index contributed by atoms with van der Waals surface area (Å²) in [6.45, 7) is 6.31. The molecule has 0 aromatic heterocycles. The summed E-state index contributed by atoms with van der Waals surface area (Å²) in [7, 11) is 1.56. The third-order valence-corrected chi connectivity index (χ3v) is 1.94. The van der Waals surface area contributed by atoms with Crippen LogP contribution in [0.1, 0.15) is 20.8 Å². The molecule has 13 heavy (non-hydrogen) atoms. The fourth-order valence-corrected chi connectivity index (χ4v) is 0.913. The predicted molar refractivity (Wildman–Crippen MR) is 52.4 cm³/mol. The lowest BCUT2D eigenvalue weighted by Gasteiger charge is -2.27. The van der Waals surface area contributed by atoms with Gasteiger partial charge in [-0.1, -0.05) is 13.8 Å². The highest BCUT2D eigenvalue weighted by molar-refractivity contribution is 5.85. The van der Waals surface area contributed by atoms with E-state index in [1.165, 1.54) is 0 Å². The van der Waals surface area contributed by atoms with Gasteiger partial charge in [0, 0.05) is 7.05 Å². The van der Waals surface area contributed by atoms with Crippen LogP contribution >= 0.6 is 0 Å². The fourth-order valence-electron chi connectivity index (χ4n) is 0.913. The van der Waals surface area contributed by atoms with Gasteiger partial charge in [-0.3, -0.25) is 4.79 Å². The summed E-state index contributed by atoms with van der Waals surface area (Å²) < 4.78 is 0. The molecule has 1 atom stereocenters. The predicted octanol–water partition coefficient (Wildman–Crippen LogP) is -0.271. The third kappa shape index (κ3) is 3.74. The minimum absolute atomic E-state index is 0.185. The summed E-state index contributed by atoms with van der Waals surface area (Å²) in [4.78, 5) is 11.3. The van der Waals surface area contributed by atoms with Crippen molar-refractivity contribution in [1.29, 1.82) is 0 Å². The molecule has 78 valence electrons. The molecule has 0 spiro atoms. The fraction of sp³-hybridized carbons (Fsp3) is 0.889. The number of aliphatic hydroxyl groups is 1. The van der Waals surface area contributed by atoms with Crippen LogP contribution in [0.5, 0.6) is 0 Å². The average Bonchev–Trinajstić information content (AvgIpc) is 2.12. The largest absolute Gasteiger partial charge is 0.394 e. The van der Waals surface area contributed by atoms with Crippen molar-refractivity contribution in [3.63, 3.8) is 0 Å². The van der Waals surface area contributed by atoms with Crippen molar-refractivity contribution in [3.05, 3.63) is 0 Å². The van der Waals surface area contributed by atoms with E-state index in [-0.39, 0.29) is 12.5 Å². The minimum atomic E-state index is -0.862. The molecular weight excluding hydrogens is 168 g/mol. The number of nitrogens with one attached hydrogen (secondary N) is 2. The van der Waals surface area contributed by atoms with Crippen molar-refractivity contribution in [1.82, 2.24) is 10.6 Å². The summed E-state index contributed by atoms with van der Waals surface area (Å²) in [5, 5.41) is 14.6. The summed E-state index contributed by atoms with van der Waals surface area (Å²) in [6.07, 6.45) is 0. The average molecular weight is 188 g/mol. The van der Waals surface area contributed by atoms with Crippen LogP contribution in [0.3, 0.4) is 0 Å². The van der Waals surface area contributed by atoms with E-state index in [0.29, 0.717) is 12.5 Å². The molecule has 0 saturated carbocycles. The van der Waals surface area contributed by atoms with Gasteiger partial charge in [0.25, 0.3) is 0 Å². The summed E-state index contributed by atoms with van der Waals surface area (Å²) in [5.41, 5.74) is -0.862. The standard InChI is InChI=1S/C9H20N2O2/c1-7(2)5-11-9(3,6-12)8(13)10-4/h7,11-12H,5-6H2,1-4H3,(H,10,13)/t9-/m0/s1. The van der Waals surface area contributed by atoms with Crippen molar-refractivity contribution < 1.29 is 9.90 Å². The third-order valence-electron chi connectivity index (χ3n) is 1.94. The molecule has 0 rings (SSSR count). The van der Waals surface area contributed by atoms with Gasteiger partial charge in [0.2, 0.25) is 5.91 Å². The summed E-state index contributed by atoms with van der Waals surface area (Å²) in [5.74, 6) is 0.270. The molecule has 3 N–H and O–H groups in total. The molecule has 0 heterocycles. The molecule has 1 amide bonds. The van der Waals surface area contributed by atoms with Gasteiger partial charge in [0.15, 0.2) is 0 Å². The molecular formula is C9H20N2O2. The van der Waals surface area contributed by atoms with Gasteiger partial charge in [0.05, 0.1) is 6.61 Å². The second kappa shape index (κ2) is 5.19. The van der Waals surface area contributed by atoms with E-state index in [4.69, 9.17) is 5.11 Å². The lowest BCUT2D eigenvalue weighted by Crippen LogP contribution is -2.57. The quantitative estimate of drug-likeness (QED) is 0.556. The van der Waals surface area contributed by atoms with Crippen molar-refractivity contribution in [2.75, 3.05) is 20.2 Å². The number of hydrogen-bond acceptors (Lipinski definition) is 3. The number of aliphatic hydroxyl groups excluding tert-OH is 1. The Hall–Kier alpha value is -0.610. The smallest absolute Gasteiger partial charge is 0.242 e. The van der Waals surface area contributed by atoms with E-state index in [0.717, 1.165) is 0 Å². The molecule has 0 unspecified atom stereocenters. The number of amides is 1. The first-order valence-corrected chi connectivity index (χ1v) is 4.54. The molecule has 0 aromatic carbocycles. The van der Waals surface area contributed by atoms with Crippen molar-refractivity contribution in [2.45, 2.75) is 26.3 Å². The lowest BCUT2D eigenvalue weighted by molar-refractivity contribution is -0.128. The second-order valence-corrected chi connectivity index (χ2v) is 3.84. The van der Waals surface area contributed by atoms with Gasteiger partial charge >= 0.3 is 0 Å². The maximum atomic E-state index is 11.3. The molecule has 0 aliphatic heterocycles. The Kier molecular flexibility index (Phi) is 4.95. The van der Waals surface area contributed by atoms with Crippen LogP contribution in [0, 0.1) is 5.92 Å². The first-order valence-electron chi connectivity index (χ1n) is 4.54. The summed E-state index contributed by atoms with van der Waals surface area (Å²) >= 11 is 0. The first-order chi connectivity index (χ1) is 5.96. The van der Waals surface area contributed by atoms with E-state index in [1.807, 2.05) is 0 Å². The van der Waals surface area contributed by atoms with Crippen LogP contribution in [-0.4, -0.2) is 36.8 Å². The van der Waals surface area contributed by atoms with E-state index in [1.54, 1.807) is 14.0 Å². The Morgan fingerprint density at radius 2 is 2.08 bits per heavy atom. The van der Waals surface area contributed by atoms with E-state index < -0.39 is 5.54 Å². The van der Waals surface area contributed by atoms with Crippen LogP contribution in [0.2, 0.25) is 0 Å². The van der Waals surface area contributed by atoms with E-state index >= 15 is 0 Å². The zero-order valence-corrected chi connectivity index (χ0v) is 8.85. The number of hydrogen-bond donors (Lipinski definition) is 3. The van der Waals surface area contributed by atoms with Crippen LogP contribution in [0.4, 0.5) is 0 Å². The van der Waals surface area contributed by atoms with Gasteiger partial charge in [-0.25, -0.2) is 0 Å². The molecule has 0 radical (unpaired) electrons. The zero-order chi connectivity index (χ0) is 10.5. The molecule has 0 bridgehead atoms. The molecule has 0 aliphatic rings. The van der Waals surface area contributed by atoms with Crippen molar-refractivity contribution in [3.8, 4) is 0 Å². The molecule has 4 nitrogen and oxygen atoms in total. The molecule has 0 fully saturated rings. The Morgan fingerprint density at radius 3 is 2.38 bits per heavy atom. The van der Waals surface area contributed by atoms with E-state index in [2.05, 4.69) is 24.5 Å². The van der Waals surface area contributed by atoms with Crippen LogP contribution < -0.4 is 10.6 Å². The zero-order valence-electron chi connectivity index (χ0n) is 8.85. The molecule has 0 saturated heterocycles. The minimum Gasteiger partial charge on any atom is -0.394 e. The van der Waals surface area contributed by atoms with Crippen LogP contribution in [0.25, 0.3) is 0 Å². The highest BCUT2D eigenvalue weighted by Crippen LogP contribution is 2.03. The number of likely N-dealkylation sites (N-methyl/N-ethyl adjacent to an activating group) is 1. The second-order valence-electron chi connectivity index (χ2n) is 3.84. The normalized spacial score (nSPS) is 15.5. The maximum absolute atomic E-state index is 11.3. The van der Waals surface area contributed by atoms with Crippen molar-refractivity contribution in [2.24, 2.45) is 5.92 Å². The number of carbonyl (C=O) groups excluding carboxylic acids is 1. The lowest BCUT2D eigenvalue weighted by atomic mass is 10.0. The topological polar surface area (TPSA) is 61.4 Å². The van der Waals surface area contributed by atoms with Crippen LogP contribution in [0.15, 0.2) is 0 Å². The first kappa shape index (κ1) is 12.4. The number of rotatable bonds is 5. The van der Waals surface area contributed by atoms with Crippen molar-refractivity contribution >= 4 is 5.91 Å². The van der Waals surface area contributed by atoms with Gasteiger partial charge in [-0.2, -0.15) is 0 Å². The highest BCUT2D eigenvalue weighted by atomic mass is 16.3. The Morgan fingerprint density at radius 1 is 1.54 bits per heavy atom. The SMILES string of the molecule is CNC(=O)[C@](C)(CO)NCC(C)C. The van der Waals surface area contributed by atoms with Crippen LogP contribution in [-0.2, 0) is 4.79 Å².